The van der Waals surface area contributed by atoms with E-state index in [0.717, 1.165) is 31.5 Å². The van der Waals surface area contributed by atoms with Gasteiger partial charge in [0.25, 0.3) is 5.91 Å². The van der Waals surface area contributed by atoms with E-state index in [4.69, 9.17) is 0 Å². The molecule has 0 saturated heterocycles. The quantitative estimate of drug-likeness (QED) is 0.411. The number of carbonyl (C=O) groups excluding carboxylic acids is 1. The van der Waals surface area contributed by atoms with Crippen LogP contribution in [0.3, 0.4) is 0 Å². The fraction of sp³-hybridized carbons (Fsp3) is 0.286. The predicted molar refractivity (Wildman–Crippen MR) is 109 cm³/mol. The summed E-state index contributed by atoms with van der Waals surface area (Å²) >= 11 is -0.249. The summed E-state index contributed by atoms with van der Waals surface area (Å²) in [6.07, 6.45) is 3.82. The summed E-state index contributed by atoms with van der Waals surface area (Å²) in [7, 11) is 0. The Kier molecular flexibility index (Phi) is 5.99. The number of alkyl halides is 3. The molecule has 0 saturated carbocycles. The third-order valence-corrected chi connectivity index (χ3v) is 5.66. The van der Waals surface area contributed by atoms with Gasteiger partial charge in [0.2, 0.25) is 0 Å². The summed E-state index contributed by atoms with van der Waals surface area (Å²) in [5.41, 5.74) is -3.63. The van der Waals surface area contributed by atoms with Gasteiger partial charge in [-0.05, 0) is 67.1 Å². The molecule has 2 heterocycles. The highest BCUT2D eigenvalue weighted by Gasteiger charge is 2.29. The van der Waals surface area contributed by atoms with Crippen molar-refractivity contribution in [2.24, 2.45) is 0 Å². The Balaban J connectivity index is 1.54. The molecule has 1 aliphatic rings. The minimum Gasteiger partial charge on any atom is -0.322 e. The average Bonchev–Trinajstić information content (AvgIpc) is 2.96. The van der Waals surface area contributed by atoms with Crippen LogP contribution in [0.4, 0.5) is 23.2 Å². The van der Waals surface area contributed by atoms with Gasteiger partial charge in [0, 0.05) is 29.1 Å². The van der Waals surface area contributed by atoms with Crippen LogP contribution in [0.15, 0.2) is 47.4 Å². The van der Waals surface area contributed by atoms with E-state index in [9.17, 15) is 22.4 Å². The summed E-state index contributed by atoms with van der Waals surface area (Å²) in [6.45, 7) is 0.704. The van der Waals surface area contributed by atoms with E-state index >= 15 is 0 Å². The van der Waals surface area contributed by atoms with Crippen molar-refractivity contribution in [3.05, 3.63) is 59.7 Å². The fourth-order valence-electron chi connectivity index (χ4n) is 3.47. The first kappa shape index (κ1) is 21.4. The molecule has 10 heteroatoms. The maximum atomic E-state index is 14.6. The lowest BCUT2D eigenvalue weighted by molar-refractivity contribution is -0.0328. The van der Waals surface area contributed by atoms with Crippen molar-refractivity contribution >= 4 is 23.4 Å². The number of benzene rings is 2. The van der Waals surface area contributed by atoms with Gasteiger partial charge >= 0.3 is 5.51 Å². The second-order valence-corrected chi connectivity index (χ2v) is 8.26. The zero-order valence-corrected chi connectivity index (χ0v) is 17.1. The monoisotopic (exact) mass is 450 g/mol. The minimum absolute atomic E-state index is 0.0133. The number of carbonyl (C=O) groups is 1. The Morgan fingerprint density at radius 1 is 1.03 bits per heavy atom. The Labute approximate surface area is 179 Å². The molecule has 0 unspecified atom stereocenters. The van der Waals surface area contributed by atoms with Crippen molar-refractivity contribution in [3.63, 3.8) is 0 Å². The molecule has 0 bridgehead atoms. The second kappa shape index (κ2) is 8.70. The van der Waals surface area contributed by atoms with Crippen molar-refractivity contribution in [3.8, 4) is 11.4 Å². The normalized spacial score (nSPS) is 14.1. The first-order valence-corrected chi connectivity index (χ1v) is 10.5. The van der Waals surface area contributed by atoms with Gasteiger partial charge in [0.1, 0.15) is 11.6 Å². The van der Waals surface area contributed by atoms with Gasteiger partial charge in [0.15, 0.2) is 5.82 Å². The Hall–Kier alpha value is -2.88. The molecule has 2 aromatic carbocycles. The molecule has 162 valence electrons. The molecule has 0 radical (unpaired) electrons. The lowest BCUT2D eigenvalue weighted by Gasteiger charge is -2.11. The molecule has 5 nitrogen and oxygen atoms in total. The summed E-state index contributed by atoms with van der Waals surface area (Å²) in [4.78, 5) is 12.5. The molecule has 0 atom stereocenters. The summed E-state index contributed by atoms with van der Waals surface area (Å²) < 4.78 is 53.8. The molecular weight excluding hydrogens is 432 g/mol. The van der Waals surface area contributed by atoms with Crippen LogP contribution in [0.1, 0.15) is 35.4 Å². The first-order valence-electron chi connectivity index (χ1n) is 9.69. The highest BCUT2D eigenvalue weighted by atomic mass is 32.2. The van der Waals surface area contributed by atoms with Crippen molar-refractivity contribution < 1.29 is 22.4 Å². The van der Waals surface area contributed by atoms with E-state index in [0.29, 0.717) is 18.1 Å². The second-order valence-electron chi connectivity index (χ2n) is 7.12. The third kappa shape index (κ3) is 5.07. The van der Waals surface area contributed by atoms with Gasteiger partial charge in [-0.25, -0.2) is 4.39 Å². The van der Waals surface area contributed by atoms with Crippen LogP contribution in [-0.4, -0.2) is 26.2 Å². The number of nitrogens with one attached hydrogen (secondary N) is 1. The van der Waals surface area contributed by atoms with Gasteiger partial charge in [-0.3, -0.25) is 4.79 Å². The molecule has 1 aromatic heterocycles. The maximum absolute atomic E-state index is 14.6. The largest absolute Gasteiger partial charge is 0.446 e. The number of nitrogens with zero attached hydrogens (tertiary/aromatic N) is 3. The number of thioether (sulfide) groups is 1. The van der Waals surface area contributed by atoms with Crippen molar-refractivity contribution in [2.75, 3.05) is 5.32 Å². The van der Waals surface area contributed by atoms with Crippen LogP contribution < -0.4 is 5.32 Å². The summed E-state index contributed by atoms with van der Waals surface area (Å²) in [5.74, 6) is 0.240. The number of rotatable bonds is 4. The SMILES string of the molecule is O=C(Nc1ccc(F)c(-c2nnc3n2CCCCC3)c1)c1ccc(SC(F)(F)F)cc1. The highest BCUT2D eigenvalue weighted by Crippen LogP contribution is 2.36. The topological polar surface area (TPSA) is 59.8 Å². The number of hydrogen-bond donors (Lipinski definition) is 1. The molecule has 31 heavy (non-hydrogen) atoms. The number of anilines is 1. The molecule has 1 amide bonds. The van der Waals surface area contributed by atoms with E-state index in [2.05, 4.69) is 15.5 Å². The highest BCUT2D eigenvalue weighted by molar-refractivity contribution is 8.00. The zero-order valence-electron chi connectivity index (χ0n) is 16.2. The third-order valence-electron chi connectivity index (χ3n) is 4.92. The van der Waals surface area contributed by atoms with Gasteiger partial charge in [0.05, 0.1) is 5.56 Å². The molecule has 1 aliphatic heterocycles. The lowest BCUT2D eigenvalue weighted by Crippen LogP contribution is -2.12. The number of amides is 1. The van der Waals surface area contributed by atoms with E-state index in [1.807, 2.05) is 4.57 Å². The molecule has 4 rings (SSSR count). The molecule has 0 aliphatic carbocycles. The van der Waals surface area contributed by atoms with E-state index in [-0.39, 0.29) is 27.8 Å². The van der Waals surface area contributed by atoms with Gasteiger partial charge in [-0.2, -0.15) is 13.2 Å². The van der Waals surface area contributed by atoms with E-state index < -0.39 is 17.2 Å². The molecule has 0 spiro atoms. The summed E-state index contributed by atoms with van der Waals surface area (Å²) in [6, 6.07) is 9.24. The van der Waals surface area contributed by atoms with Crippen molar-refractivity contribution in [1.29, 1.82) is 0 Å². The Bertz CT molecular complexity index is 1100. The van der Waals surface area contributed by atoms with Gasteiger partial charge in [-0.1, -0.05) is 6.42 Å². The van der Waals surface area contributed by atoms with Crippen LogP contribution in [0.25, 0.3) is 11.4 Å². The lowest BCUT2D eigenvalue weighted by atomic mass is 10.1. The number of hydrogen-bond acceptors (Lipinski definition) is 4. The Morgan fingerprint density at radius 2 is 1.81 bits per heavy atom. The van der Waals surface area contributed by atoms with E-state index in [1.165, 1.54) is 42.5 Å². The van der Waals surface area contributed by atoms with Crippen LogP contribution >= 0.6 is 11.8 Å². The van der Waals surface area contributed by atoms with Crippen molar-refractivity contribution in [1.82, 2.24) is 14.8 Å². The molecule has 1 N–H and O–H groups in total. The van der Waals surface area contributed by atoms with Crippen molar-refractivity contribution in [2.45, 2.75) is 42.6 Å². The van der Waals surface area contributed by atoms with Gasteiger partial charge in [-0.15, -0.1) is 10.2 Å². The first-order chi connectivity index (χ1) is 14.8. The number of halogens is 4. The van der Waals surface area contributed by atoms with Crippen LogP contribution in [-0.2, 0) is 13.0 Å². The van der Waals surface area contributed by atoms with Crippen LogP contribution in [0.2, 0.25) is 0 Å². The zero-order chi connectivity index (χ0) is 22.0. The predicted octanol–water partition coefficient (Wildman–Crippen LogP) is 5.67. The Morgan fingerprint density at radius 3 is 2.55 bits per heavy atom. The number of aryl methyl sites for hydroxylation is 1. The standard InChI is InChI=1S/C21H18F4N4OS/c22-17-10-7-14(12-16(17)19-28-27-18-4-2-1-3-11-29(18)19)26-20(30)13-5-8-15(9-6-13)31-21(23,24)25/h5-10,12H,1-4,11H2,(H,26,30). The molecule has 0 fully saturated rings. The fourth-order valence-corrected chi connectivity index (χ4v) is 4.01. The molecule has 3 aromatic rings. The van der Waals surface area contributed by atoms with Crippen LogP contribution in [0, 0.1) is 5.82 Å². The van der Waals surface area contributed by atoms with Gasteiger partial charge < -0.3 is 9.88 Å². The number of aromatic nitrogens is 3. The average molecular weight is 450 g/mol. The summed E-state index contributed by atoms with van der Waals surface area (Å²) in [5, 5.41) is 11.0. The molecular formula is C21H18F4N4OS. The maximum Gasteiger partial charge on any atom is 0.446 e. The number of fused-ring (bicyclic) bond motifs is 1. The van der Waals surface area contributed by atoms with Crippen LogP contribution in [0.5, 0.6) is 0 Å². The smallest absolute Gasteiger partial charge is 0.322 e. The minimum atomic E-state index is -4.39. The van der Waals surface area contributed by atoms with E-state index in [1.54, 1.807) is 0 Å².